The van der Waals surface area contributed by atoms with Crippen molar-refractivity contribution in [3.05, 3.63) is 17.6 Å². The summed E-state index contributed by atoms with van der Waals surface area (Å²) >= 11 is 0. The molecule has 2 N–H and O–H groups in total. The molecule has 0 amide bonds. The average molecular weight is 236 g/mol. The van der Waals surface area contributed by atoms with E-state index < -0.39 is 0 Å². The molecule has 1 aromatic rings. The lowest BCUT2D eigenvalue weighted by Crippen LogP contribution is -2.17. The summed E-state index contributed by atoms with van der Waals surface area (Å²) in [7, 11) is 1.94. The fourth-order valence-corrected chi connectivity index (χ4v) is 1.79. The molecule has 17 heavy (non-hydrogen) atoms. The number of hydrogen-bond donors (Lipinski definition) is 2. The van der Waals surface area contributed by atoms with Gasteiger partial charge in [0, 0.05) is 24.8 Å². The topological polar surface area (TPSA) is 49.8 Å². The first kappa shape index (κ1) is 13.9. The van der Waals surface area contributed by atoms with Crippen LogP contribution in [0.15, 0.2) is 6.20 Å². The van der Waals surface area contributed by atoms with Crippen molar-refractivity contribution in [1.82, 2.24) is 15.3 Å². The maximum absolute atomic E-state index is 4.47. The van der Waals surface area contributed by atoms with E-state index in [-0.39, 0.29) is 0 Å². The summed E-state index contributed by atoms with van der Waals surface area (Å²) in [6.45, 7) is 8.17. The molecular formula is C13H24N4. The van der Waals surface area contributed by atoms with Gasteiger partial charge in [0.2, 0.25) is 0 Å². The van der Waals surface area contributed by atoms with Crippen LogP contribution >= 0.6 is 0 Å². The number of nitrogens with zero attached hydrogens (tertiary/aromatic N) is 2. The standard InChI is InChI=1S/C13H24N4/c1-5-11(6-2)7-16-13-12(8-14-4)9-15-10(3)17-13/h9,11,14H,5-8H2,1-4H3,(H,15,16,17). The molecule has 0 bridgehead atoms. The van der Waals surface area contributed by atoms with E-state index in [1.54, 1.807) is 0 Å². The third-order valence-electron chi connectivity index (χ3n) is 3.07. The Morgan fingerprint density at radius 1 is 1.29 bits per heavy atom. The maximum Gasteiger partial charge on any atom is 0.134 e. The van der Waals surface area contributed by atoms with E-state index in [0.717, 1.165) is 30.3 Å². The Morgan fingerprint density at radius 3 is 2.59 bits per heavy atom. The molecule has 0 spiro atoms. The van der Waals surface area contributed by atoms with Gasteiger partial charge in [-0.3, -0.25) is 0 Å². The van der Waals surface area contributed by atoms with Crippen molar-refractivity contribution in [2.24, 2.45) is 5.92 Å². The highest BCUT2D eigenvalue weighted by Crippen LogP contribution is 2.14. The highest BCUT2D eigenvalue weighted by molar-refractivity contribution is 5.42. The number of nitrogens with one attached hydrogen (secondary N) is 2. The van der Waals surface area contributed by atoms with Crippen molar-refractivity contribution in [1.29, 1.82) is 0 Å². The Labute approximate surface area is 104 Å². The van der Waals surface area contributed by atoms with E-state index in [0.29, 0.717) is 5.92 Å². The van der Waals surface area contributed by atoms with E-state index in [2.05, 4.69) is 34.4 Å². The molecule has 0 aliphatic carbocycles. The molecule has 96 valence electrons. The summed E-state index contributed by atoms with van der Waals surface area (Å²) in [5, 5.41) is 6.59. The molecule has 4 heteroatoms. The summed E-state index contributed by atoms with van der Waals surface area (Å²) in [6, 6.07) is 0. The molecule has 4 nitrogen and oxygen atoms in total. The number of aryl methyl sites for hydroxylation is 1. The Kier molecular flexibility index (Phi) is 5.91. The first-order chi connectivity index (χ1) is 8.21. The fourth-order valence-electron chi connectivity index (χ4n) is 1.79. The smallest absolute Gasteiger partial charge is 0.134 e. The van der Waals surface area contributed by atoms with E-state index in [1.807, 2.05) is 20.2 Å². The van der Waals surface area contributed by atoms with Crippen LogP contribution in [0.1, 0.15) is 38.1 Å². The third kappa shape index (κ3) is 4.30. The van der Waals surface area contributed by atoms with Gasteiger partial charge in [-0.1, -0.05) is 26.7 Å². The lowest BCUT2D eigenvalue weighted by molar-refractivity contribution is 0.518. The molecular weight excluding hydrogens is 212 g/mol. The summed E-state index contributed by atoms with van der Waals surface area (Å²) < 4.78 is 0. The van der Waals surface area contributed by atoms with Crippen molar-refractivity contribution in [3.63, 3.8) is 0 Å². The molecule has 1 aromatic heterocycles. The zero-order valence-electron chi connectivity index (χ0n) is 11.4. The molecule has 0 aliphatic heterocycles. The monoisotopic (exact) mass is 236 g/mol. The van der Waals surface area contributed by atoms with Gasteiger partial charge in [0.1, 0.15) is 11.6 Å². The minimum atomic E-state index is 0.715. The van der Waals surface area contributed by atoms with Gasteiger partial charge >= 0.3 is 0 Å². The van der Waals surface area contributed by atoms with Crippen molar-refractivity contribution >= 4 is 5.82 Å². The lowest BCUT2D eigenvalue weighted by Gasteiger charge is -2.16. The van der Waals surface area contributed by atoms with Crippen LogP contribution in [0.3, 0.4) is 0 Å². The van der Waals surface area contributed by atoms with E-state index >= 15 is 0 Å². The molecule has 1 heterocycles. The van der Waals surface area contributed by atoms with Gasteiger partial charge in [-0.2, -0.15) is 0 Å². The van der Waals surface area contributed by atoms with Crippen molar-refractivity contribution in [2.45, 2.75) is 40.2 Å². The van der Waals surface area contributed by atoms with Crippen LogP contribution in [0.2, 0.25) is 0 Å². The van der Waals surface area contributed by atoms with Crippen LogP contribution in [0.5, 0.6) is 0 Å². The first-order valence-corrected chi connectivity index (χ1v) is 6.42. The molecule has 0 saturated carbocycles. The molecule has 0 saturated heterocycles. The van der Waals surface area contributed by atoms with Crippen molar-refractivity contribution < 1.29 is 0 Å². The SMILES string of the molecule is CCC(CC)CNc1nc(C)ncc1CNC. The van der Waals surface area contributed by atoms with Crippen LogP contribution in [0.4, 0.5) is 5.82 Å². The predicted octanol–water partition coefficient (Wildman–Crippen LogP) is 2.35. The summed E-state index contributed by atoms with van der Waals surface area (Å²) in [5.74, 6) is 2.50. The maximum atomic E-state index is 4.47. The molecule has 0 radical (unpaired) electrons. The van der Waals surface area contributed by atoms with Gasteiger partial charge in [-0.25, -0.2) is 9.97 Å². The first-order valence-electron chi connectivity index (χ1n) is 6.42. The molecule has 0 aliphatic rings. The zero-order chi connectivity index (χ0) is 12.7. The second-order valence-corrected chi connectivity index (χ2v) is 4.38. The van der Waals surface area contributed by atoms with Gasteiger partial charge < -0.3 is 10.6 Å². The Bertz CT molecular complexity index is 334. The highest BCUT2D eigenvalue weighted by atomic mass is 15.0. The lowest BCUT2D eigenvalue weighted by atomic mass is 10.0. The molecule has 0 fully saturated rings. The van der Waals surface area contributed by atoms with Crippen molar-refractivity contribution in [3.8, 4) is 0 Å². The molecule has 1 rings (SSSR count). The second-order valence-electron chi connectivity index (χ2n) is 4.38. The van der Waals surface area contributed by atoms with Crippen LogP contribution in [0.25, 0.3) is 0 Å². The number of hydrogen-bond acceptors (Lipinski definition) is 4. The Hall–Kier alpha value is -1.16. The molecule has 0 atom stereocenters. The fraction of sp³-hybridized carbons (Fsp3) is 0.692. The number of aromatic nitrogens is 2. The largest absolute Gasteiger partial charge is 0.369 e. The average Bonchev–Trinajstić information content (AvgIpc) is 2.34. The Balaban J connectivity index is 2.70. The number of anilines is 1. The second kappa shape index (κ2) is 7.22. The van der Waals surface area contributed by atoms with Crippen LogP contribution in [0, 0.1) is 12.8 Å². The van der Waals surface area contributed by atoms with E-state index in [4.69, 9.17) is 0 Å². The van der Waals surface area contributed by atoms with Crippen LogP contribution < -0.4 is 10.6 Å². The minimum absolute atomic E-state index is 0.715. The third-order valence-corrected chi connectivity index (χ3v) is 3.07. The normalized spacial score (nSPS) is 10.9. The number of rotatable bonds is 7. The van der Waals surface area contributed by atoms with Crippen LogP contribution in [-0.4, -0.2) is 23.6 Å². The van der Waals surface area contributed by atoms with Gasteiger partial charge in [-0.15, -0.1) is 0 Å². The highest BCUT2D eigenvalue weighted by Gasteiger charge is 2.07. The van der Waals surface area contributed by atoms with Gasteiger partial charge in [0.05, 0.1) is 0 Å². The molecule has 0 aromatic carbocycles. The zero-order valence-corrected chi connectivity index (χ0v) is 11.4. The van der Waals surface area contributed by atoms with E-state index in [9.17, 15) is 0 Å². The van der Waals surface area contributed by atoms with Crippen molar-refractivity contribution in [2.75, 3.05) is 18.9 Å². The minimum Gasteiger partial charge on any atom is -0.369 e. The predicted molar refractivity (Wildman–Crippen MR) is 72.1 cm³/mol. The molecule has 0 unspecified atom stereocenters. The quantitative estimate of drug-likeness (QED) is 0.763. The summed E-state index contributed by atoms with van der Waals surface area (Å²) in [4.78, 5) is 8.70. The van der Waals surface area contributed by atoms with Gasteiger partial charge in [0.25, 0.3) is 0 Å². The van der Waals surface area contributed by atoms with Gasteiger partial charge in [0.15, 0.2) is 0 Å². The van der Waals surface area contributed by atoms with Gasteiger partial charge in [-0.05, 0) is 19.9 Å². The summed E-state index contributed by atoms with van der Waals surface area (Å²) in [5.41, 5.74) is 1.13. The van der Waals surface area contributed by atoms with Crippen LogP contribution in [-0.2, 0) is 6.54 Å². The van der Waals surface area contributed by atoms with E-state index in [1.165, 1.54) is 12.8 Å². The Morgan fingerprint density at radius 2 is 2.00 bits per heavy atom. The summed E-state index contributed by atoms with van der Waals surface area (Å²) in [6.07, 6.45) is 4.30.